The first-order valence-electron chi connectivity index (χ1n) is 8.03. The van der Waals surface area contributed by atoms with Crippen LogP contribution in [0.25, 0.3) is 0 Å². The van der Waals surface area contributed by atoms with Crippen LogP contribution in [0, 0.1) is 5.82 Å². The van der Waals surface area contributed by atoms with Crippen LogP contribution in [0.2, 0.25) is 5.02 Å². The van der Waals surface area contributed by atoms with Crippen LogP contribution in [0.5, 0.6) is 0 Å². The highest BCUT2D eigenvalue weighted by Crippen LogP contribution is 2.21. The number of hydrogen-bond donors (Lipinski definition) is 1. The Hall–Kier alpha value is -2.63. The molecule has 0 amide bonds. The standard InChI is InChI=1S/C20H17ClFNO3/c21-18-7-2-1-5-15(18)12-23(11-14-4-3-6-16(22)10-14)13-17-8-9-19(26-17)20(24)25/h1-10H,11-13H2,(H,24,25). The van der Waals surface area contributed by atoms with Gasteiger partial charge >= 0.3 is 5.97 Å². The van der Waals surface area contributed by atoms with E-state index in [9.17, 15) is 9.18 Å². The van der Waals surface area contributed by atoms with Gasteiger partial charge in [-0.25, -0.2) is 9.18 Å². The van der Waals surface area contributed by atoms with Gasteiger partial charge in [0, 0.05) is 18.1 Å². The van der Waals surface area contributed by atoms with Gasteiger partial charge in [0.15, 0.2) is 0 Å². The number of furan rings is 1. The van der Waals surface area contributed by atoms with Gasteiger partial charge in [0.05, 0.1) is 6.54 Å². The van der Waals surface area contributed by atoms with Crippen molar-refractivity contribution in [2.24, 2.45) is 0 Å². The van der Waals surface area contributed by atoms with Crippen molar-refractivity contribution in [2.75, 3.05) is 0 Å². The van der Waals surface area contributed by atoms with E-state index < -0.39 is 5.97 Å². The number of hydrogen-bond acceptors (Lipinski definition) is 3. The van der Waals surface area contributed by atoms with Crippen molar-refractivity contribution < 1.29 is 18.7 Å². The predicted octanol–water partition coefficient (Wildman–Crippen LogP) is 4.97. The molecule has 1 aromatic heterocycles. The van der Waals surface area contributed by atoms with Crippen LogP contribution in [-0.2, 0) is 19.6 Å². The van der Waals surface area contributed by atoms with E-state index >= 15 is 0 Å². The summed E-state index contributed by atoms with van der Waals surface area (Å²) >= 11 is 6.26. The highest BCUT2D eigenvalue weighted by atomic mass is 35.5. The summed E-state index contributed by atoms with van der Waals surface area (Å²) in [5.41, 5.74) is 1.73. The Kier molecular flexibility index (Phi) is 5.71. The number of nitrogens with zero attached hydrogens (tertiary/aromatic N) is 1. The first-order chi connectivity index (χ1) is 12.5. The van der Waals surface area contributed by atoms with Gasteiger partial charge < -0.3 is 9.52 Å². The Morgan fingerprint density at radius 2 is 1.85 bits per heavy atom. The van der Waals surface area contributed by atoms with Crippen LogP contribution < -0.4 is 0 Å². The third-order valence-electron chi connectivity index (χ3n) is 3.90. The maximum atomic E-state index is 13.5. The Morgan fingerprint density at radius 3 is 2.54 bits per heavy atom. The molecule has 0 saturated heterocycles. The summed E-state index contributed by atoms with van der Waals surface area (Å²) in [4.78, 5) is 13.0. The lowest BCUT2D eigenvalue weighted by Crippen LogP contribution is -2.22. The van der Waals surface area contributed by atoms with Crippen molar-refractivity contribution in [2.45, 2.75) is 19.6 Å². The third-order valence-corrected chi connectivity index (χ3v) is 4.27. The lowest BCUT2D eigenvalue weighted by molar-refractivity contribution is 0.0658. The molecule has 3 rings (SSSR count). The number of benzene rings is 2. The number of rotatable bonds is 7. The molecule has 4 nitrogen and oxygen atoms in total. The smallest absolute Gasteiger partial charge is 0.371 e. The maximum Gasteiger partial charge on any atom is 0.371 e. The molecule has 0 atom stereocenters. The molecule has 0 aliphatic carbocycles. The number of aromatic carboxylic acids is 1. The third kappa shape index (κ3) is 4.71. The minimum atomic E-state index is -1.11. The molecule has 0 bridgehead atoms. The second kappa shape index (κ2) is 8.17. The Balaban J connectivity index is 1.82. The molecule has 134 valence electrons. The van der Waals surface area contributed by atoms with E-state index in [4.69, 9.17) is 21.1 Å². The topological polar surface area (TPSA) is 53.7 Å². The van der Waals surface area contributed by atoms with Crippen LogP contribution in [0.1, 0.15) is 27.4 Å². The quantitative estimate of drug-likeness (QED) is 0.635. The van der Waals surface area contributed by atoms with E-state index in [0.29, 0.717) is 30.4 Å². The molecule has 0 aliphatic rings. The summed E-state index contributed by atoms with van der Waals surface area (Å²) in [5.74, 6) is -1.00. The number of carbonyl (C=O) groups is 1. The van der Waals surface area contributed by atoms with Gasteiger partial charge in [0.1, 0.15) is 11.6 Å². The van der Waals surface area contributed by atoms with E-state index in [1.165, 1.54) is 18.2 Å². The van der Waals surface area contributed by atoms with Gasteiger partial charge in [0.2, 0.25) is 5.76 Å². The fourth-order valence-corrected chi connectivity index (χ4v) is 2.92. The van der Waals surface area contributed by atoms with Crippen LogP contribution in [-0.4, -0.2) is 16.0 Å². The lowest BCUT2D eigenvalue weighted by Gasteiger charge is -2.22. The molecule has 1 heterocycles. The fraction of sp³-hybridized carbons (Fsp3) is 0.150. The van der Waals surface area contributed by atoms with Gasteiger partial charge in [0.25, 0.3) is 0 Å². The fourth-order valence-electron chi connectivity index (χ4n) is 2.73. The Labute approximate surface area is 155 Å². The molecular weight excluding hydrogens is 357 g/mol. The highest BCUT2D eigenvalue weighted by molar-refractivity contribution is 6.31. The zero-order valence-electron chi connectivity index (χ0n) is 13.9. The molecule has 2 aromatic carbocycles. The number of carboxylic acid groups (broad SMARTS) is 1. The van der Waals surface area contributed by atoms with Crippen molar-refractivity contribution >= 4 is 17.6 Å². The molecule has 6 heteroatoms. The van der Waals surface area contributed by atoms with Gasteiger partial charge in [-0.05, 0) is 41.5 Å². The molecule has 0 fully saturated rings. The van der Waals surface area contributed by atoms with Gasteiger partial charge in [-0.2, -0.15) is 0 Å². The van der Waals surface area contributed by atoms with Crippen molar-refractivity contribution in [3.8, 4) is 0 Å². The molecular formula is C20H17ClFNO3. The highest BCUT2D eigenvalue weighted by Gasteiger charge is 2.15. The number of halogens is 2. The minimum absolute atomic E-state index is 0.108. The minimum Gasteiger partial charge on any atom is -0.475 e. The summed E-state index contributed by atoms with van der Waals surface area (Å²) in [7, 11) is 0. The van der Waals surface area contributed by atoms with Gasteiger partial charge in [-0.15, -0.1) is 0 Å². The number of carboxylic acids is 1. The van der Waals surface area contributed by atoms with Crippen molar-refractivity contribution in [3.05, 3.63) is 94.2 Å². The lowest BCUT2D eigenvalue weighted by atomic mass is 10.1. The summed E-state index contributed by atoms with van der Waals surface area (Å²) in [6, 6.07) is 16.9. The van der Waals surface area contributed by atoms with Gasteiger partial charge in [-0.3, -0.25) is 4.90 Å². The SMILES string of the molecule is O=C(O)c1ccc(CN(Cc2cccc(F)c2)Cc2ccccc2Cl)o1. The summed E-state index contributed by atoms with van der Waals surface area (Å²) in [6.45, 7) is 1.35. The van der Waals surface area contributed by atoms with Crippen molar-refractivity contribution in [1.29, 1.82) is 0 Å². The molecule has 0 unspecified atom stereocenters. The van der Waals surface area contributed by atoms with Crippen LogP contribution in [0.4, 0.5) is 4.39 Å². The van der Waals surface area contributed by atoms with E-state index in [0.717, 1.165) is 11.1 Å². The zero-order chi connectivity index (χ0) is 18.5. The second-order valence-corrected chi connectivity index (χ2v) is 6.34. The largest absolute Gasteiger partial charge is 0.475 e. The summed E-state index contributed by atoms with van der Waals surface area (Å²) in [6.07, 6.45) is 0. The van der Waals surface area contributed by atoms with E-state index in [-0.39, 0.29) is 11.6 Å². The average Bonchev–Trinajstić information content (AvgIpc) is 3.06. The first-order valence-corrected chi connectivity index (χ1v) is 8.41. The maximum absolute atomic E-state index is 13.5. The molecule has 3 aromatic rings. The first kappa shape index (κ1) is 18.2. The van der Waals surface area contributed by atoms with E-state index in [2.05, 4.69) is 0 Å². The van der Waals surface area contributed by atoms with Gasteiger partial charge in [-0.1, -0.05) is 41.9 Å². The average molecular weight is 374 g/mol. The second-order valence-electron chi connectivity index (χ2n) is 5.94. The van der Waals surface area contributed by atoms with Crippen LogP contribution in [0.15, 0.2) is 65.1 Å². The Bertz CT molecular complexity index is 909. The summed E-state index contributed by atoms with van der Waals surface area (Å²) < 4.78 is 18.9. The van der Waals surface area contributed by atoms with E-state index in [1.807, 2.05) is 35.2 Å². The molecule has 0 aliphatic heterocycles. The summed E-state index contributed by atoms with van der Waals surface area (Å²) in [5, 5.41) is 9.64. The molecule has 0 spiro atoms. The Morgan fingerprint density at radius 1 is 1.04 bits per heavy atom. The van der Waals surface area contributed by atoms with E-state index in [1.54, 1.807) is 12.1 Å². The van der Waals surface area contributed by atoms with Crippen LogP contribution >= 0.6 is 11.6 Å². The molecule has 0 saturated carbocycles. The normalized spacial score (nSPS) is 11.0. The molecule has 0 radical (unpaired) electrons. The predicted molar refractivity (Wildman–Crippen MR) is 96.5 cm³/mol. The van der Waals surface area contributed by atoms with Crippen molar-refractivity contribution in [3.63, 3.8) is 0 Å². The zero-order valence-corrected chi connectivity index (χ0v) is 14.6. The molecule has 26 heavy (non-hydrogen) atoms. The monoisotopic (exact) mass is 373 g/mol. The van der Waals surface area contributed by atoms with Crippen molar-refractivity contribution in [1.82, 2.24) is 4.90 Å². The molecule has 1 N–H and O–H groups in total. The van der Waals surface area contributed by atoms with Crippen LogP contribution in [0.3, 0.4) is 0 Å².